The average Bonchev–Trinajstić information content (AvgIpc) is 2.76. The number of nitrogens with zero attached hydrogens (tertiary/aromatic N) is 2. The molecule has 150 valence electrons. The van der Waals surface area contributed by atoms with Crippen molar-refractivity contribution >= 4 is 23.3 Å². The highest BCUT2D eigenvalue weighted by molar-refractivity contribution is 6.33. The van der Waals surface area contributed by atoms with Crippen molar-refractivity contribution in [2.24, 2.45) is 0 Å². The van der Waals surface area contributed by atoms with Crippen LogP contribution in [-0.2, 0) is 11.2 Å². The second-order valence-corrected chi connectivity index (χ2v) is 7.05. The number of nitrogens with one attached hydrogen (secondary N) is 1. The van der Waals surface area contributed by atoms with E-state index in [2.05, 4.69) is 22.5 Å². The number of anilines is 1. The van der Waals surface area contributed by atoms with Crippen molar-refractivity contribution in [3.63, 3.8) is 0 Å². The normalized spacial score (nSPS) is 11.7. The third kappa shape index (κ3) is 4.84. The summed E-state index contributed by atoms with van der Waals surface area (Å²) in [6, 6.07) is 16.9. The molecule has 7 heteroatoms. The molecule has 1 atom stereocenters. The molecule has 1 unspecified atom stereocenters. The Labute approximate surface area is 174 Å². The maximum Gasteiger partial charge on any atom is 0.340 e. The number of hydrogen-bond acceptors (Lipinski definition) is 5. The maximum atomic E-state index is 12.8. The van der Waals surface area contributed by atoms with E-state index in [1.165, 1.54) is 18.9 Å². The van der Waals surface area contributed by atoms with Crippen molar-refractivity contribution in [2.45, 2.75) is 25.8 Å². The molecule has 0 radical (unpaired) electrons. The lowest BCUT2D eigenvalue weighted by atomic mass is 10.1. The van der Waals surface area contributed by atoms with Crippen LogP contribution in [0.5, 0.6) is 0 Å². The Morgan fingerprint density at radius 1 is 1.17 bits per heavy atom. The van der Waals surface area contributed by atoms with E-state index in [-0.39, 0.29) is 16.6 Å². The predicted molar refractivity (Wildman–Crippen MR) is 114 cm³/mol. The van der Waals surface area contributed by atoms with Gasteiger partial charge in [-0.1, -0.05) is 54.1 Å². The highest BCUT2D eigenvalue weighted by Crippen LogP contribution is 2.20. The molecule has 0 aliphatic heterocycles. The number of carbonyl (C=O) groups excluding carboxylic acids is 1. The SMILES string of the molecule is COC(=O)c1ccccc1-n1ncc(NC(C)CCc2ccccc2)c(Cl)c1=O. The summed E-state index contributed by atoms with van der Waals surface area (Å²) in [6.45, 7) is 2.03. The smallest absolute Gasteiger partial charge is 0.340 e. The summed E-state index contributed by atoms with van der Waals surface area (Å²) < 4.78 is 5.89. The zero-order chi connectivity index (χ0) is 20.8. The minimum Gasteiger partial charge on any atom is -0.465 e. The van der Waals surface area contributed by atoms with Gasteiger partial charge in [-0.25, -0.2) is 4.79 Å². The molecule has 1 heterocycles. The average molecular weight is 412 g/mol. The number of esters is 1. The fourth-order valence-corrected chi connectivity index (χ4v) is 3.19. The lowest BCUT2D eigenvalue weighted by Gasteiger charge is -2.17. The fraction of sp³-hybridized carbons (Fsp3) is 0.227. The van der Waals surface area contributed by atoms with Gasteiger partial charge in [0.1, 0.15) is 5.02 Å². The van der Waals surface area contributed by atoms with Crippen molar-refractivity contribution in [1.82, 2.24) is 9.78 Å². The van der Waals surface area contributed by atoms with Crippen LogP contribution in [0.25, 0.3) is 5.69 Å². The summed E-state index contributed by atoms with van der Waals surface area (Å²) >= 11 is 6.32. The largest absolute Gasteiger partial charge is 0.465 e. The molecule has 6 nitrogen and oxygen atoms in total. The Morgan fingerprint density at radius 2 is 1.86 bits per heavy atom. The minimum atomic E-state index is -0.554. The summed E-state index contributed by atoms with van der Waals surface area (Å²) in [5.74, 6) is -0.554. The van der Waals surface area contributed by atoms with Crippen LogP contribution in [0.4, 0.5) is 5.69 Å². The third-order valence-corrected chi connectivity index (χ3v) is 4.93. The second kappa shape index (κ2) is 9.39. The highest BCUT2D eigenvalue weighted by Gasteiger charge is 2.17. The Hall–Kier alpha value is -3.12. The first kappa shape index (κ1) is 20.6. The molecule has 3 rings (SSSR count). The van der Waals surface area contributed by atoms with E-state index in [1.54, 1.807) is 24.3 Å². The molecule has 0 spiro atoms. The van der Waals surface area contributed by atoms with Crippen LogP contribution in [-0.4, -0.2) is 28.9 Å². The Bertz CT molecular complexity index is 1050. The highest BCUT2D eigenvalue weighted by atomic mass is 35.5. The summed E-state index contributed by atoms with van der Waals surface area (Å²) in [5.41, 5.74) is 1.75. The third-order valence-electron chi connectivity index (χ3n) is 4.57. The van der Waals surface area contributed by atoms with Crippen molar-refractivity contribution in [1.29, 1.82) is 0 Å². The van der Waals surface area contributed by atoms with E-state index in [0.717, 1.165) is 17.5 Å². The van der Waals surface area contributed by atoms with Crippen molar-refractivity contribution in [3.05, 3.63) is 87.3 Å². The van der Waals surface area contributed by atoms with E-state index in [4.69, 9.17) is 16.3 Å². The van der Waals surface area contributed by atoms with Crippen LogP contribution < -0.4 is 10.9 Å². The molecule has 3 aromatic rings. The zero-order valence-electron chi connectivity index (χ0n) is 16.3. The number of methoxy groups -OCH3 is 1. The number of halogens is 1. The molecule has 0 aliphatic rings. The van der Waals surface area contributed by atoms with Gasteiger partial charge in [0.2, 0.25) is 0 Å². The number of para-hydroxylation sites is 1. The molecular formula is C22H22ClN3O3. The molecule has 1 aromatic heterocycles. The first-order valence-electron chi connectivity index (χ1n) is 9.27. The van der Waals surface area contributed by atoms with E-state index in [1.807, 2.05) is 25.1 Å². The van der Waals surface area contributed by atoms with Crippen LogP contribution >= 0.6 is 11.6 Å². The van der Waals surface area contributed by atoms with Gasteiger partial charge in [-0.05, 0) is 37.5 Å². The molecule has 1 N–H and O–H groups in total. The molecule has 29 heavy (non-hydrogen) atoms. The van der Waals surface area contributed by atoms with Gasteiger partial charge >= 0.3 is 5.97 Å². The predicted octanol–water partition coefficient (Wildman–Crippen LogP) is 4.11. The van der Waals surface area contributed by atoms with Gasteiger partial charge in [0.15, 0.2) is 0 Å². The number of benzene rings is 2. The fourth-order valence-electron chi connectivity index (χ4n) is 3.01. The van der Waals surface area contributed by atoms with Gasteiger partial charge in [0.25, 0.3) is 5.56 Å². The van der Waals surface area contributed by atoms with Gasteiger partial charge in [0, 0.05) is 6.04 Å². The molecule has 0 amide bonds. The van der Waals surface area contributed by atoms with E-state index < -0.39 is 11.5 Å². The van der Waals surface area contributed by atoms with Crippen LogP contribution in [0.3, 0.4) is 0 Å². The van der Waals surface area contributed by atoms with Crippen LogP contribution in [0, 0.1) is 0 Å². The van der Waals surface area contributed by atoms with Crippen LogP contribution in [0.1, 0.15) is 29.3 Å². The van der Waals surface area contributed by atoms with Gasteiger partial charge in [-0.15, -0.1) is 0 Å². The first-order valence-corrected chi connectivity index (χ1v) is 9.65. The molecule has 2 aromatic carbocycles. The standard InChI is InChI=1S/C22H22ClN3O3/c1-15(12-13-16-8-4-3-5-9-16)25-18-14-24-26(21(27)20(18)23)19-11-7-6-10-17(19)22(28)29-2/h3-11,14-15,25H,12-13H2,1-2H3. The first-order chi connectivity index (χ1) is 14.0. The Kier molecular flexibility index (Phi) is 6.67. The number of aromatic nitrogens is 2. The lowest BCUT2D eigenvalue weighted by Crippen LogP contribution is -2.26. The molecular weight excluding hydrogens is 390 g/mol. The quantitative estimate of drug-likeness (QED) is 0.592. The van der Waals surface area contributed by atoms with E-state index in [9.17, 15) is 9.59 Å². The van der Waals surface area contributed by atoms with Crippen LogP contribution in [0.15, 0.2) is 65.6 Å². The van der Waals surface area contributed by atoms with Gasteiger partial charge < -0.3 is 10.1 Å². The number of rotatable bonds is 7. The minimum absolute atomic E-state index is 0.0197. The van der Waals surface area contributed by atoms with Crippen molar-refractivity contribution < 1.29 is 9.53 Å². The summed E-state index contributed by atoms with van der Waals surface area (Å²) in [6.07, 6.45) is 3.27. The number of hydrogen-bond donors (Lipinski definition) is 1. The number of carbonyl (C=O) groups is 1. The monoisotopic (exact) mass is 411 g/mol. The van der Waals surface area contributed by atoms with Gasteiger partial charge in [-0.3, -0.25) is 4.79 Å². The van der Waals surface area contributed by atoms with E-state index >= 15 is 0 Å². The van der Waals surface area contributed by atoms with Gasteiger partial charge in [0.05, 0.1) is 30.2 Å². The van der Waals surface area contributed by atoms with Crippen LogP contribution in [0.2, 0.25) is 5.02 Å². The molecule has 0 saturated heterocycles. The second-order valence-electron chi connectivity index (χ2n) is 6.67. The lowest BCUT2D eigenvalue weighted by molar-refractivity contribution is 0.0600. The zero-order valence-corrected chi connectivity index (χ0v) is 17.0. The Morgan fingerprint density at radius 3 is 2.59 bits per heavy atom. The summed E-state index contributed by atoms with van der Waals surface area (Å²) in [5, 5.41) is 7.48. The summed E-state index contributed by atoms with van der Waals surface area (Å²) in [7, 11) is 1.28. The number of aryl methyl sites for hydroxylation is 1. The molecule has 0 bridgehead atoms. The van der Waals surface area contributed by atoms with E-state index in [0.29, 0.717) is 11.4 Å². The topological polar surface area (TPSA) is 73.2 Å². The number of ether oxygens (including phenoxy) is 1. The molecule has 0 fully saturated rings. The summed E-state index contributed by atoms with van der Waals surface area (Å²) in [4.78, 5) is 24.8. The Balaban J connectivity index is 1.80. The van der Waals surface area contributed by atoms with Crippen molar-refractivity contribution in [3.8, 4) is 5.69 Å². The van der Waals surface area contributed by atoms with Crippen molar-refractivity contribution in [2.75, 3.05) is 12.4 Å². The molecule has 0 saturated carbocycles. The molecule has 0 aliphatic carbocycles. The maximum absolute atomic E-state index is 12.8. The van der Waals surface area contributed by atoms with Gasteiger partial charge in [-0.2, -0.15) is 9.78 Å².